The van der Waals surface area contributed by atoms with E-state index in [2.05, 4.69) is 5.32 Å². The maximum Gasteiger partial charge on any atom is 0.259 e. The fourth-order valence-corrected chi connectivity index (χ4v) is 4.56. The number of fused-ring (bicyclic) bond motifs is 2. The quantitative estimate of drug-likeness (QED) is 0.705. The van der Waals surface area contributed by atoms with Crippen molar-refractivity contribution in [2.45, 2.75) is 43.1 Å². The predicted octanol–water partition coefficient (Wildman–Crippen LogP) is 3.38. The van der Waals surface area contributed by atoms with Gasteiger partial charge in [0.2, 0.25) is 0 Å². The maximum atomic E-state index is 13.1. The van der Waals surface area contributed by atoms with Crippen molar-refractivity contribution in [3.63, 3.8) is 0 Å². The number of carbonyl (C=O) groups is 2. The normalized spacial score (nSPS) is 15.7. The summed E-state index contributed by atoms with van der Waals surface area (Å²) in [5.74, 6) is -0.438. The van der Waals surface area contributed by atoms with E-state index in [4.69, 9.17) is 4.74 Å². The molecule has 0 aliphatic carbocycles. The number of anilines is 1. The highest BCUT2D eigenvalue weighted by Gasteiger charge is 2.30. The highest BCUT2D eigenvalue weighted by Crippen LogP contribution is 2.34. The molecule has 154 valence electrons. The third-order valence-corrected chi connectivity index (χ3v) is 6.15. The molecule has 0 radical (unpaired) electrons. The number of amides is 2. The van der Waals surface area contributed by atoms with Crippen molar-refractivity contribution < 1.29 is 18.5 Å². The summed E-state index contributed by atoms with van der Waals surface area (Å²) in [4.78, 5) is 28.2. The number of nitrogens with one attached hydrogen (secondary N) is 1. The van der Waals surface area contributed by atoms with Gasteiger partial charge in [0.1, 0.15) is 0 Å². The number of benzene rings is 2. The molecule has 29 heavy (non-hydrogen) atoms. The minimum absolute atomic E-state index is 0.165. The molecule has 0 unspecified atom stereocenters. The zero-order valence-corrected chi connectivity index (χ0v) is 17.8. The van der Waals surface area contributed by atoms with Crippen LogP contribution >= 0.6 is 0 Å². The SMILES string of the molecule is CCN1C(=O)c2ccccc2[S@](=O)c2ccc(C(=O)NCCCOC(C)C)cc21. The number of hydrogen-bond donors (Lipinski definition) is 1. The first-order valence-electron chi connectivity index (χ1n) is 9.80. The fraction of sp³-hybridized carbons (Fsp3) is 0.364. The molecular weight excluding hydrogens is 388 g/mol. The van der Waals surface area contributed by atoms with Crippen molar-refractivity contribution in [2.75, 3.05) is 24.6 Å². The molecule has 0 bridgehead atoms. The summed E-state index contributed by atoms with van der Waals surface area (Å²) in [6.07, 6.45) is 0.881. The summed E-state index contributed by atoms with van der Waals surface area (Å²) in [5, 5.41) is 2.87. The van der Waals surface area contributed by atoms with Crippen molar-refractivity contribution >= 4 is 28.3 Å². The van der Waals surface area contributed by atoms with E-state index in [1.165, 1.54) is 0 Å². The lowest BCUT2D eigenvalue weighted by Gasteiger charge is -2.21. The molecule has 3 rings (SSSR count). The smallest absolute Gasteiger partial charge is 0.259 e. The highest BCUT2D eigenvalue weighted by atomic mass is 32.2. The van der Waals surface area contributed by atoms with Gasteiger partial charge in [0.25, 0.3) is 11.8 Å². The molecule has 0 fully saturated rings. The lowest BCUT2D eigenvalue weighted by atomic mass is 10.1. The molecule has 1 aliphatic rings. The second-order valence-electron chi connectivity index (χ2n) is 7.03. The summed E-state index contributed by atoms with van der Waals surface area (Å²) >= 11 is 0. The van der Waals surface area contributed by atoms with E-state index in [0.29, 0.717) is 52.7 Å². The third kappa shape index (κ3) is 4.57. The monoisotopic (exact) mass is 414 g/mol. The van der Waals surface area contributed by atoms with Gasteiger partial charge in [-0.15, -0.1) is 0 Å². The Morgan fingerprint density at radius 1 is 1.17 bits per heavy atom. The number of nitrogens with zero attached hydrogens (tertiary/aromatic N) is 1. The minimum atomic E-state index is -1.50. The number of carbonyl (C=O) groups excluding carboxylic acids is 2. The molecule has 0 saturated heterocycles. The molecule has 2 aromatic rings. The van der Waals surface area contributed by atoms with Gasteiger partial charge in [-0.3, -0.25) is 9.59 Å². The van der Waals surface area contributed by atoms with Gasteiger partial charge < -0.3 is 15.0 Å². The van der Waals surface area contributed by atoms with Gasteiger partial charge in [-0.25, -0.2) is 4.21 Å². The maximum absolute atomic E-state index is 13.1. The van der Waals surface area contributed by atoms with Crippen LogP contribution < -0.4 is 10.2 Å². The molecular formula is C22H26N2O4S. The van der Waals surface area contributed by atoms with E-state index in [9.17, 15) is 13.8 Å². The topological polar surface area (TPSA) is 75.7 Å². The summed E-state index contributed by atoms with van der Waals surface area (Å²) in [5.41, 5.74) is 1.38. The van der Waals surface area contributed by atoms with Crippen molar-refractivity contribution in [3.8, 4) is 0 Å². The Balaban J connectivity index is 1.84. The molecule has 0 spiro atoms. The summed E-state index contributed by atoms with van der Waals surface area (Å²) < 4.78 is 18.6. The van der Waals surface area contributed by atoms with Gasteiger partial charge in [-0.05, 0) is 57.5 Å². The first-order chi connectivity index (χ1) is 13.9. The van der Waals surface area contributed by atoms with Gasteiger partial charge in [-0.2, -0.15) is 0 Å². The van der Waals surface area contributed by atoms with Crippen LogP contribution in [-0.2, 0) is 15.5 Å². The van der Waals surface area contributed by atoms with Crippen LogP contribution in [0.4, 0.5) is 5.69 Å². The summed E-state index contributed by atoms with van der Waals surface area (Å²) in [7, 11) is -1.50. The Morgan fingerprint density at radius 2 is 1.93 bits per heavy atom. The Labute approximate surface area is 173 Å². The van der Waals surface area contributed by atoms with Gasteiger partial charge >= 0.3 is 0 Å². The van der Waals surface area contributed by atoms with E-state index >= 15 is 0 Å². The van der Waals surface area contributed by atoms with E-state index in [0.717, 1.165) is 0 Å². The Bertz CT molecular complexity index is 942. The van der Waals surface area contributed by atoms with Crippen molar-refractivity contribution in [1.82, 2.24) is 5.32 Å². The highest BCUT2D eigenvalue weighted by molar-refractivity contribution is 7.85. The number of rotatable bonds is 7. The standard InChI is InChI=1S/C22H26N2O4S/c1-4-24-18-14-16(21(25)23-12-7-13-28-15(2)3)10-11-20(18)29(27)19-9-6-5-8-17(19)22(24)26/h5-6,8-11,14-15H,4,7,12-13H2,1-3H3,(H,23,25)/t29-/m0/s1. The number of hydrogen-bond acceptors (Lipinski definition) is 4. The molecule has 1 atom stereocenters. The first kappa shape index (κ1) is 21.2. The van der Waals surface area contributed by atoms with E-state index in [-0.39, 0.29) is 17.9 Å². The van der Waals surface area contributed by atoms with E-state index in [1.807, 2.05) is 20.8 Å². The third-order valence-electron chi connectivity index (χ3n) is 4.65. The van der Waals surface area contributed by atoms with Crippen LogP contribution in [0.2, 0.25) is 0 Å². The van der Waals surface area contributed by atoms with E-state index < -0.39 is 10.8 Å². The zero-order valence-electron chi connectivity index (χ0n) is 16.9. The molecule has 6 nitrogen and oxygen atoms in total. The van der Waals surface area contributed by atoms with Gasteiger partial charge in [0.15, 0.2) is 0 Å². The molecule has 2 aromatic carbocycles. The lowest BCUT2D eigenvalue weighted by Crippen LogP contribution is -2.31. The summed E-state index contributed by atoms with van der Waals surface area (Å²) in [6, 6.07) is 11.9. The molecule has 1 N–H and O–H groups in total. The minimum Gasteiger partial charge on any atom is -0.379 e. The second-order valence-corrected chi connectivity index (χ2v) is 8.44. The molecule has 0 saturated carbocycles. The Hall–Kier alpha value is -2.51. The molecule has 2 amide bonds. The average molecular weight is 415 g/mol. The lowest BCUT2D eigenvalue weighted by molar-refractivity contribution is 0.0757. The average Bonchev–Trinajstić information content (AvgIpc) is 2.81. The fourth-order valence-electron chi connectivity index (χ4n) is 3.21. The van der Waals surface area contributed by atoms with Gasteiger partial charge in [-0.1, -0.05) is 12.1 Å². The molecule has 1 aliphatic heterocycles. The van der Waals surface area contributed by atoms with E-state index in [1.54, 1.807) is 47.4 Å². The van der Waals surface area contributed by atoms with Crippen molar-refractivity contribution in [2.24, 2.45) is 0 Å². The van der Waals surface area contributed by atoms with Crippen molar-refractivity contribution in [1.29, 1.82) is 0 Å². The summed E-state index contributed by atoms with van der Waals surface area (Å²) in [6.45, 7) is 7.29. The predicted molar refractivity (Wildman–Crippen MR) is 113 cm³/mol. The van der Waals surface area contributed by atoms with Crippen LogP contribution in [0.5, 0.6) is 0 Å². The molecule has 1 heterocycles. The van der Waals surface area contributed by atoms with Crippen LogP contribution in [0.25, 0.3) is 0 Å². The molecule has 0 aromatic heterocycles. The van der Waals surface area contributed by atoms with Crippen molar-refractivity contribution in [3.05, 3.63) is 53.6 Å². The molecule has 7 heteroatoms. The number of ether oxygens (including phenoxy) is 1. The van der Waals surface area contributed by atoms with Crippen LogP contribution in [0.3, 0.4) is 0 Å². The zero-order chi connectivity index (χ0) is 21.0. The van der Waals surface area contributed by atoms with Gasteiger partial charge in [0, 0.05) is 25.3 Å². The Morgan fingerprint density at radius 3 is 2.66 bits per heavy atom. The van der Waals surface area contributed by atoms with Crippen LogP contribution in [0.15, 0.2) is 52.3 Å². The first-order valence-corrected chi connectivity index (χ1v) is 11.0. The largest absolute Gasteiger partial charge is 0.379 e. The second kappa shape index (κ2) is 9.33. The van der Waals surface area contributed by atoms with Crippen LogP contribution in [-0.4, -0.2) is 41.8 Å². The van der Waals surface area contributed by atoms with Gasteiger partial charge in [0.05, 0.1) is 37.9 Å². The van der Waals surface area contributed by atoms with Crippen LogP contribution in [0.1, 0.15) is 47.9 Å². The van der Waals surface area contributed by atoms with Crippen LogP contribution in [0, 0.1) is 0 Å². The Kier molecular flexibility index (Phi) is 6.82.